The summed E-state index contributed by atoms with van der Waals surface area (Å²) < 4.78 is 68.2. The molecule has 0 unspecified atom stereocenters. The van der Waals surface area contributed by atoms with E-state index < -0.39 is 20.8 Å². The van der Waals surface area contributed by atoms with E-state index in [2.05, 4.69) is 0 Å². The Hall–Kier alpha value is 3.98. The molecule has 0 fully saturated rings. The summed E-state index contributed by atoms with van der Waals surface area (Å²) in [7, 11) is -10.3. The summed E-state index contributed by atoms with van der Waals surface area (Å²) in [5.74, 6) is 0. The Balaban J connectivity index is -0.0000000128. The first-order valence-electron chi connectivity index (χ1n) is 1.33. The Morgan fingerprint density at radius 1 is 0.600 bits per heavy atom. The van der Waals surface area contributed by atoms with Crippen molar-refractivity contribution in [1.82, 2.24) is 0 Å². The van der Waals surface area contributed by atoms with Crippen molar-refractivity contribution < 1.29 is 180 Å². The number of rotatable bonds is 0. The zero-order chi connectivity index (χ0) is 9.00. The molecule has 0 saturated carbocycles. The maximum atomic E-state index is 8.52. The van der Waals surface area contributed by atoms with Gasteiger partial charge in [-0.25, -0.2) is 0 Å². The van der Waals surface area contributed by atoms with Crippen LogP contribution in [0, 0.1) is 31.1 Å². The van der Waals surface area contributed by atoms with Crippen LogP contribution >= 0.6 is 0 Å². The molecular weight excluding hydrogens is 540 g/mol. The van der Waals surface area contributed by atoms with Crippen molar-refractivity contribution in [3.05, 3.63) is 0 Å². The third-order valence-electron chi connectivity index (χ3n) is 0. The predicted molar refractivity (Wildman–Crippen MR) is 22.3 cm³/mol. The van der Waals surface area contributed by atoms with Crippen molar-refractivity contribution in [3.63, 3.8) is 0 Å². The SMILES string of the molecule is O=S(=O)([O-])[O-].O=S(=O)([O-])[O-].[K+].[K+].[O-2].[O-2].[U]. The average molecular weight is 540 g/mol. The molecule has 84 valence electrons. The van der Waals surface area contributed by atoms with E-state index >= 15 is 0 Å². The van der Waals surface area contributed by atoms with E-state index in [0.717, 1.165) is 0 Å². The van der Waals surface area contributed by atoms with Crippen molar-refractivity contribution >= 4 is 20.8 Å². The van der Waals surface area contributed by atoms with Gasteiger partial charge in [0, 0.05) is 51.9 Å². The molecule has 0 bridgehead atoms. The molecule has 0 N–H and O–H groups in total. The van der Waals surface area contributed by atoms with Gasteiger partial charge in [-0.15, -0.1) is 0 Å². The standard InChI is InChI=1S/2K.2H2O4S.2O.U/c;;2*1-5(2,3)4;;;/h;;2*(H2,1,2,3,4);;;/q2*+1;;;2*-2;/p-4. The van der Waals surface area contributed by atoms with Crippen LogP contribution in [0.3, 0.4) is 0 Å². The van der Waals surface area contributed by atoms with Gasteiger partial charge in [0.25, 0.3) is 0 Å². The van der Waals surface area contributed by atoms with Gasteiger partial charge in [0.1, 0.15) is 0 Å². The molecule has 0 aliphatic rings. The van der Waals surface area contributed by atoms with E-state index in [1.165, 1.54) is 0 Å². The molecule has 0 atom stereocenters. The van der Waals surface area contributed by atoms with E-state index in [0.29, 0.717) is 0 Å². The molecule has 0 radical (unpaired) electrons. The van der Waals surface area contributed by atoms with Crippen LogP contribution in [0.4, 0.5) is 0 Å². The fourth-order valence-electron chi connectivity index (χ4n) is 0. The van der Waals surface area contributed by atoms with Crippen LogP contribution in [-0.4, -0.2) is 35.0 Å². The van der Waals surface area contributed by atoms with E-state index in [4.69, 9.17) is 35.0 Å². The fourth-order valence-corrected chi connectivity index (χ4v) is 0. The second-order valence-corrected chi connectivity index (χ2v) is 2.45. The van der Waals surface area contributed by atoms with Gasteiger partial charge in [-0.3, -0.25) is 16.8 Å². The summed E-state index contributed by atoms with van der Waals surface area (Å²) in [6, 6.07) is 0. The number of hydrogen-bond donors (Lipinski definition) is 0. The summed E-state index contributed by atoms with van der Waals surface area (Å²) in [6.07, 6.45) is 0. The van der Waals surface area contributed by atoms with Crippen molar-refractivity contribution in [3.8, 4) is 0 Å². The summed E-state index contributed by atoms with van der Waals surface area (Å²) in [6.45, 7) is 0. The summed E-state index contributed by atoms with van der Waals surface area (Å²) in [5, 5.41) is 0. The number of hydrogen-bond acceptors (Lipinski definition) is 8. The summed E-state index contributed by atoms with van der Waals surface area (Å²) in [5.41, 5.74) is 0. The van der Waals surface area contributed by atoms with E-state index in [-0.39, 0.29) is 145 Å². The van der Waals surface area contributed by atoms with Crippen LogP contribution in [0.15, 0.2) is 0 Å². The minimum Gasteiger partial charge on any atom is -2.00 e. The Morgan fingerprint density at radius 3 is 0.600 bits per heavy atom. The average Bonchev–Trinajstić information content (AvgIpc) is 1.12. The van der Waals surface area contributed by atoms with Gasteiger partial charge in [0.2, 0.25) is 0 Å². The molecule has 0 heterocycles. The van der Waals surface area contributed by atoms with Crippen LogP contribution in [0.5, 0.6) is 0 Å². The van der Waals surface area contributed by atoms with Gasteiger partial charge in [0.15, 0.2) is 0 Å². The third kappa shape index (κ3) is 289. The van der Waals surface area contributed by atoms with Crippen LogP contribution in [0.2, 0.25) is 0 Å². The van der Waals surface area contributed by atoms with Crippen molar-refractivity contribution in [2.45, 2.75) is 0 Å². The molecular formula is K2O10S2U-6. The van der Waals surface area contributed by atoms with E-state index in [1.807, 2.05) is 0 Å². The molecule has 0 aromatic rings. The van der Waals surface area contributed by atoms with E-state index in [9.17, 15) is 0 Å². The molecule has 0 aromatic heterocycles. The molecule has 15 heteroatoms. The van der Waals surface area contributed by atoms with Gasteiger partial charge in [-0.2, -0.15) is 0 Å². The third-order valence-corrected chi connectivity index (χ3v) is 0. The maximum Gasteiger partial charge on any atom is 1.00 e. The maximum absolute atomic E-state index is 8.52. The second-order valence-electron chi connectivity index (χ2n) is 0.816. The van der Waals surface area contributed by atoms with Gasteiger partial charge in [0.05, 0.1) is 0 Å². The van der Waals surface area contributed by atoms with Gasteiger partial charge in [-0.05, 0) is 0 Å². The minimum absolute atomic E-state index is 0. The van der Waals surface area contributed by atoms with Crippen LogP contribution in [0.25, 0.3) is 0 Å². The van der Waals surface area contributed by atoms with E-state index in [1.54, 1.807) is 0 Å². The topological polar surface area (TPSA) is 218 Å². The van der Waals surface area contributed by atoms with Gasteiger partial charge in [-0.1, -0.05) is 0 Å². The zero-order valence-electron chi connectivity index (χ0n) is 7.40. The van der Waals surface area contributed by atoms with Crippen LogP contribution in [0.1, 0.15) is 0 Å². The zero-order valence-corrected chi connectivity index (χ0v) is 19.4. The summed E-state index contributed by atoms with van der Waals surface area (Å²) >= 11 is 0. The smallest absolute Gasteiger partial charge is 1.00 e. The fraction of sp³-hybridized carbons (Fsp3) is 0. The van der Waals surface area contributed by atoms with Crippen molar-refractivity contribution in [2.24, 2.45) is 0 Å². The minimum atomic E-state index is -5.17. The van der Waals surface area contributed by atoms with Gasteiger partial charge < -0.3 is 29.2 Å². The second kappa shape index (κ2) is 20.3. The quantitative estimate of drug-likeness (QED) is 0.163. The van der Waals surface area contributed by atoms with Crippen LogP contribution in [-0.2, 0) is 31.8 Å². The first-order chi connectivity index (χ1) is 4.00. The molecule has 0 amide bonds. The molecule has 0 saturated heterocycles. The normalized spacial score (nSPS) is 7.73. The molecule has 15 heavy (non-hydrogen) atoms. The molecule has 0 aliphatic heterocycles. The predicted octanol–water partition coefficient (Wildman–Crippen LogP) is -8.91. The Morgan fingerprint density at radius 2 is 0.600 bits per heavy atom. The molecule has 10 nitrogen and oxygen atoms in total. The van der Waals surface area contributed by atoms with Gasteiger partial charge >= 0.3 is 103 Å². The first-order valence-corrected chi connectivity index (χ1v) is 4.00. The molecule has 0 spiro atoms. The Labute approximate surface area is 195 Å². The Kier molecular flexibility index (Phi) is 57.9. The molecule has 0 aromatic carbocycles. The first kappa shape index (κ1) is 42.8. The molecule has 0 rings (SSSR count). The van der Waals surface area contributed by atoms with Crippen molar-refractivity contribution in [1.29, 1.82) is 0 Å². The largest absolute Gasteiger partial charge is 2.00 e. The van der Waals surface area contributed by atoms with Crippen LogP contribution < -0.4 is 103 Å². The molecule has 0 aliphatic carbocycles. The summed E-state index contributed by atoms with van der Waals surface area (Å²) in [4.78, 5) is 0. The monoisotopic (exact) mass is 540 g/mol. The Bertz CT molecular complexity index is 218. The van der Waals surface area contributed by atoms with Crippen molar-refractivity contribution in [2.75, 3.05) is 0 Å².